The van der Waals surface area contributed by atoms with Gasteiger partial charge in [0.15, 0.2) is 5.75 Å². The second kappa shape index (κ2) is 7.69. The van der Waals surface area contributed by atoms with Gasteiger partial charge in [-0.2, -0.15) is 0 Å². The summed E-state index contributed by atoms with van der Waals surface area (Å²) in [4.78, 5) is 35.8. The van der Waals surface area contributed by atoms with Crippen molar-refractivity contribution in [1.82, 2.24) is 0 Å². The summed E-state index contributed by atoms with van der Waals surface area (Å²) < 4.78 is 10.1. The van der Waals surface area contributed by atoms with Gasteiger partial charge in [-0.1, -0.05) is 12.1 Å². The first kappa shape index (κ1) is 17.5. The first-order valence-electron chi connectivity index (χ1n) is 8.21. The van der Waals surface area contributed by atoms with Gasteiger partial charge in [-0.3, -0.25) is 4.79 Å². The first-order chi connectivity index (χ1) is 12.6. The zero-order valence-electron chi connectivity index (χ0n) is 14.2. The third kappa shape index (κ3) is 4.00. The van der Waals surface area contributed by atoms with E-state index in [9.17, 15) is 14.4 Å². The van der Waals surface area contributed by atoms with E-state index in [4.69, 9.17) is 9.47 Å². The molecule has 7 nitrogen and oxygen atoms in total. The fourth-order valence-electron chi connectivity index (χ4n) is 2.54. The van der Waals surface area contributed by atoms with Gasteiger partial charge in [0.05, 0.1) is 24.3 Å². The second-order valence-corrected chi connectivity index (χ2v) is 5.66. The highest BCUT2D eigenvalue weighted by Crippen LogP contribution is 2.29. The molecule has 1 heterocycles. The van der Waals surface area contributed by atoms with Gasteiger partial charge in [0.2, 0.25) is 5.91 Å². The summed E-state index contributed by atoms with van der Waals surface area (Å²) in [7, 11) is 0. The predicted octanol–water partition coefficient (Wildman–Crippen LogP) is 2.59. The van der Waals surface area contributed by atoms with Crippen molar-refractivity contribution in [3.8, 4) is 5.75 Å². The molecule has 2 N–H and O–H groups in total. The molecule has 1 amide bonds. The highest BCUT2D eigenvalue weighted by atomic mass is 16.5. The van der Waals surface area contributed by atoms with Crippen LogP contribution < -0.4 is 15.4 Å². The zero-order chi connectivity index (χ0) is 18.5. The van der Waals surface area contributed by atoms with Crippen LogP contribution in [0.5, 0.6) is 5.75 Å². The van der Waals surface area contributed by atoms with Crippen molar-refractivity contribution >= 4 is 29.2 Å². The quantitative estimate of drug-likeness (QED) is 0.633. The van der Waals surface area contributed by atoms with Crippen molar-refractivity contribution in [3.05, 3.63) is 54.1 Å². The average Bonchev–Trinajstić information content (AvgIpc) is 2.63. The number of esters is 2. The largest absolute Gasteiger partial charge is 0.462 e. The maximum atomic E-state index is 12.2. The molecule has 1 aliphatic rings. The van der Waals surface area contributed by atoms with Crippen LogP contribution in [0.2, 0.25) is 0 Å². The SMILES string of the molecule is CCOC(=O)c1ccc(NC(=O)CC2Nc3ccccc3OC2=O)cc1. The number of hydrogen-bond donors (Lipinski definition) is 2. The fourth-order valence-corrected chi connectivity index (χ4v) is 2.54. The maximum absolute atomic E-state index is 12.2. The Labute approximate surface area is 150 Å². The van der Waals surface area contributed by atoms with Gasteiger partial charge in [0, 0.05) is 5.69 Å². The van der Waals surface area contributed by atoms with Crippen molar-refractivity contribution in [1.29, 1.82) is 0 Å². The number of benzene rings is 2. The second-order valence-electron chi connectivity index (χ2n) is 5.66. The lowest BCUT2D eigenvalue weighted by molar-refractivity contribution is -0.137. The van der Waals surface area contributed by atoms with E-state index in [0.717, 1.165) is 0 Å². The lowest BCUT2D eigenvalue weighted by atomic mass is 10.1. The van der Waals surface area contributed by atoms with Crippen LogP contribution in [0.25, 0.3) is 0 Å². The normalized spacial score (nSPS) is 15.3. The van der Waals surface area contributed by atoms with E-state index in [-0.39, 0.29) is 12.3 Å². The van der Waals surface area contributed by atoms with Crippen molar-refractivity contribution < 1.29 is 23.9 Å². The Morgan fingerprint density at radius 1 is 1.15 bits per heavy atom. The van der Waals surface area contributed by atoms with Crippen LogP contribution in [-0.4, -0.2) is 30.5 Å². The van der Waals surface area contributed by atoms with Crippen LogP contribution >= 0.6 is 0 Å². The first-order valence-corrected chi connectivity index (χ1v) is 8.21. The number of anilines is 2. The van der Waals surface area contributed by atoms with Gasteiger partial charge in [-0.15, -0.1) is 0 Å². The summed E-state index contributed by atoms with van der Waals surface area (Å²) in [6.45, 7) is 2.03. The van der Waals surface area contributed by atoms with E-state index < -0.39 is 18.0 Å². The van der Waals surface area contributed by atoms with E-state index in [2.05, 4.69) is 10.6 Å². The molecule has 0 spiro atoms. The van der Waals surface area contributed by atoms with Gasteiger partial charge in [0.1, 0.15) is 6.04 Å². The lowest BCUT2D eigenvalue weighted by Gasteiger charge is -2.25. The molecular weight excluding hydrogens is 336 g/mol. The molecule has 0 saturated heterocycles. The van der Waals surface area contributed by atoms with Crippen molar-refractivity contribution in [2.75, 3.05) is 17.2 Å². The number of amides is 1. The summed E-state index contributed by atoms with van der Waals surface area (Å²) in [6.07, 6.45) is -0.0766. The highest BCUT2D eigenvalue weighted by Gasteiger charge is 2.29. The Morgan fingerprint density at radius 3 is 2.62 bits per heavy atom. The minimum Gasteiger partial charge on any atom is -0.462 e. The molecule has 134 valence electrons. The highest BCUT2D eigenvalue weighted by molar-refractivity contribution is 5.97. The van der Waals surface area contributed by atoms with Crippen molar-refractivity contribution in [2.45, 2.75) is 19.4 Å². The number of fused-ring (bicyclic) bond motifs is 1. The summed E-state index contributed by atoms with van der Waals surface area (Å²) in [5.41, 5.74) is 1.59. The topological polar surface area (TPSA) is 93.7 Å². The van der Waals surface area contributed by atoms with Crippen LogP contribution in [0.3, 0.4) is 0 Å². The number of rotatable bonds is 5. The molecule has 0 saturated carbocycles. The lowest BCUT2D eigenvalue weighted by Crippen LogP contribution is -2.39. The zero-order valence-corrected chi connectivity index (χ0v) is 14.2. The molecule has 0 aliphatic carbocycles. The molecule has 2 aromatic carbocycles. The van der Waals surface area contributed by atoms with E-state index in [1.807, 2.05) is 6.07 Å². The molecule has 7 heteroatoms. The van der Waals surface area contributed by atoms with E-state index in [1.165, 1.54) is 0 Å². The molecule has 0 fully saturated rings. The van der Waals surface area contributed by atoms with Crippen LogP contribution in [0.15, 0.2) is 48.5 Å². The summed E-state index contributed by atoms with van der Waals surface area (Å²) in [6, 6.07) is 12.6. The summed E-state index contributed by atoms with van der Waals surface area (Å²) in [5, 5.41) is 5.70. The smallest absolute Gasteiger partial charge is 0.338 e. The third-order valence-corrected chi connectivity index (χ3v) is 3.78. The molecule has 0 aromatic heterocycles. The van der Waals surface area contributed by atoms with Gasteiger partial charge < -0.3 is 20.1 Å². The number of para-hydroxylation sites is 2. The monoisotopic (exact) mass is 354 g/mol. The Kier molecular flexibility index (Phi) is 5.17. The number of carbonyl (C=O) groups excluding carboxylic acids is 3. The molecule has 0 bridgehead atoms. The van der Waals surface area contributed by atoms with E-state index in [1.54, 1.807) is 49.4 Å². The van der Waals surface area contributed by atoms with Gasteiger partial charge in [-0.25, -0.2) is 9.59 Å². The van der Waals surface area contributed by atoms with Crippen LogP contribution in [0.4, 0.5) is 11.4 Å². The van der Waals surface area contributed by atoms with Gasteiger partial charge >= 0.3 is 11.9 Å². The van der Waals surface area contributed by atoms with Crippen molar-refractivity contribution in [3.63, 3.8) is 0 Å². The van der Waals surface area contributed by atoms with Crippen LogP contribution in [0.1, 0.15) is 23.7 Å². The Morgan fingerprint density at radius 2 is 1.88 bits per heavy atom. The molecule has 3 rings (SSSR count). The van der Waals surface area contributed by atoms with Gasteiger partial charge in [-0.05, 0) is 43.3 Å². The molecule has 1 atom stereocenters. The van der Waals surface area contributed by atoms with Crippen molar-refractivity contribution in [2.24, 2.45) is 0 Å². The maximum Gasteiger partial charge on any atom is 0.338 e. The van der Waals surface area contributed by atoms with Gasteiger partial charge in [0.25, 0.3) is 0 Å². The van der Waals surface area contributed by atoms with E-state index >= 15 is 0 Å². The fraction of sp³-hybridized carbons (Fsp3) is 0.211. The van der Waals surface area contributed by atoms with E-state index in [0.29, 0.717) is 29.3 Å². The standard InChI is InChI=1S/C19H18N2O5/c1-2-25-18(23)12-7-9-13(10-8-12)20-17(22)11-15-19(24)26-16-6-4-3-5-14(16)21-15/h3-10,15,21H,2,11H2,1H3,(H,20,22). The van der Waals surface area contributed by atoms with Crippen LogP contribution in [-0.2, 0) is 14.3 Å². The minimum absolute atomic E-state index is 0.0766. The number of carbonyl (C=O) groups is 3. The Balaban J connectivity index is 1.59. The number of nitrogens with one attached hydrogen (secondary N) is 2. The predicted molar refractivity (Wildman–Crippen MR) is 95.1 cm³/mol. The number of ether oxygens (including phenoxy) is 2. The average molecular weight is 354 g/mol. The molecule has 1 unspecified atom stereocenters. The summed E-state index contributed by atoms with van der Waals surface area (Å²) in [5.74, 6) is -0.818. The number of hydrogen-bond acceptors (Lipinski definition) is 6. The third-order valence-electron chi connectivity index (χ3n) is 3.78. The van der Waals surface area contributed by atoms with Crippen LogP contribution in [0, 0.1) is 0 Å². The molecule has 1 aliphatic heterocycles. The Hall–Kier alpha value is -3.35. The molecular formula is C19H18N2O5. The minimum atomic E-state index is -0.760. The molecule has 0 radical (unpaired) electrons. The Bertz CT molecular complexity index is 832. The molecule has 2 aromatic rings. The molecule has 26 heavy (non-hydrogen) atoms. The summed E-state index contributed by atoms with van der Waals surface area (Å²) >= 11 is 0.